The molecule has 0 atom stereocenters. The Morgan fingerprint density at radius 1 is 0.974 bits per heavy atom. The predicted octanol–water partition coefficient (Wildman–Crippen LogP) is 3.27. The maximum Gasteiger partial charge on any atom is 0.243 e. The number of amides is 1. The molecule has 2 aliphatic heterocycles. The van der Waals surface area contributed by atoms with Crippen molar-refractivity contribution in [3.63, 3.8) is 0 Å². The molecule has 5 rings (SSSR count). The fraction of sp³-hybridized carbons (Fsp3) is 0.500. The highest BCUT2D eigenvalue weighted by molar-refractivity contribution is 7.89. The first-order valence-corrected chi connectivity index (χ1v) is 15.2. The number of hydrogen-bond acceptors (Lipinski definition) is 7. The van der Waals surface area contributed by atoms with E-state index < -0.39 is 10.0 Å². The third-order valence-electron chi connectivity index (χ3n) is 7.24. The lowest BCUT2D eigenvalue weighted by Crippen LogP contribution is -2.40. The highest BCUT2D eigenvalue weighted by atomic mass is 32.2. The van der Waals surface area contributed by atoms with E-state index in [1.165, 1.54) is 4.31 Å². The second-order valence-electron chi connectivity index (χ2n) is 9.89. The molecule has 2 aromatic carbocycles. The Morgan fingerprint density at radius 3 is 2.36 bits per heavy atom. The molecule has 0 unspecified atom stereocenters. The lowest BCUT2D eigenvalue weighted by Gasteiger charge is -2.28. The number of anilines is 2. The van der Waals surface area contributed by atoms with E-state index in [0.29, 0.717) is 38.2 Å². The van der Waals surface area contributed by atoms with Gasteiger partial charge < -0.3 is 24.3 Å². The molecule has 0 radical (unpaired) electrons. The lowest BCUT2D eigenvalue weighted by molar-refractivity contribution is -0.116. The first-order valence-electron chi connectivity index (χ1n) is 13.8. The van der Waals surface area contributed by atoms with Crippen molar-refractivity contribution in [1.29, 1.82) is 0 Å². The summed E-state index contributed by atoms with van der Waals surface area (Å²) in [7, 11) is -3.61. The second kappa shape index (κ2) is 12.5. The van der Waals surface area contributed by atoms with Crippen molar-refractivity contribution >= 4 is 38.3 Å². The number of rotatable bonds is 10. The van der Waals surface area contributed by atoms with Gasteiger partial charge in [0.25, 0.3) is 0 Å². The van der Waals surface area contributed by atoms with Gasteiger partial charge >= 0.3 is 0 Å². The summed E-state index contributed by atoms with van der Waals surface area (Å²) in [6.07, 6.45) is 2.72. The maximum atomic E-state index is 13.2. The fourth-order valence-electron chi connectivity index (χ4n) is 5.04. The minimum absolute atomic E-state index is 0.0844. The number of unbranched alkanes of at least 4 members (excludes halogenated alkanes) is 1. The van der Waals surface area contributed by atoms with Crippen molar-refractivity contribution in [2.45, 2.75) is 44.0 Å². The van der Waals surface area contributed by atoms with Crippen molar-refractivity contribution in [2.75, 3.05) is 62.8 Å². The number of carbonyl (C=O) groups excluding carboxylic acids is 1. The topological polar surface area (TPSA) is 106 Å². The molecule has 3 heterocycles. The molecule has 1 aromatic heterocycles. The summed E-state index contributed by atoms with van der Waals surface area (Å²) < 4.78 is 40.6. The number of nitrogens with one attached hydrogen (secondary N) is 1. The van der Waals surface area contributed by atoms with Crippen molar-refractivity contribution < 1.29 is 22.7 Å². The number of aromatic nitrogens is 2. The van der Waals surface area contributed by atoms with Crippen LogP contribution in [0.1, 0.15) is 32.0 Å². The zero-order valence-electron chi connectivity index (χ0n) is 22.5. The molecule has 1 N–H and O–H groups in total. The lowest BCUT2D eigenvalue weighted by atomic mass is 10.2. The Hall–Kier alpha value is -2.99. The first kappa shape index (κ1) is 27.6. The van der Waals surface area contributed by atoms with Gasteiger partial charge in [-0.2, -0.15) is 4.31 Å². The van der Waals surface area contributed by atoms with Crippen LogP contribution in [-0.2, 0) is 37.3 Å². The van der Waals surface area contributed by atoms with Crippen LogP contribution in [0.4, 0.5) is 11.4 Å². The molecule has 10 nitrogen and oxygen atoms in total. The van der Waals surface area contributed by atoms with Gasteiger partial charge in [0.05, 0.1) is 42.4 Å². The summed E-state index contributed by atoms with van der Waals surface area (Å²) in [6, 6.07) is 13.0. The molecule has 0 saturated carbocycles. The molecule has 3 aromatic rings. The number of morpholine rings is 2. The van der Waals surface area contributed by atoms with E-state index >= 15 is 0 Å². The summed E-state index contributed by atoms with van der Waals surface area (Å²) in [5, 5.41) is 2.99. The van der Waals surface area contributed by atoms with Crippen LogP contribution in [0.15, 0.2) is 47.4 Å². The zero-order chi connectivity index (χ0) is 27.2. The van der Waals surface area contributed by atoms with Gasteiger partial charge in [0.2, 0.25) is 15.9 Å². The molecule has 11 heteroatoms. The van der Waals surface area contributed by atoms with Gasteiger partial charge in [-0.15, -0.1) is 0 Å². The van der Waals surface area contributed by atoms with Gasteiger partial charge in [-0.25, -0.2) is 13.4 Å². The number of fused-ring (bicyclic) bond motifs is 1. The highest BCUT2D eigenvalue weighted by Gasteiger charge is 2.27. The summed E-state index contributed by atoms with van der Waals surface area (Å²) in [6.45, 7) is 7.58. The number of hydrogen-bond donors (Lipinski definition) is 1. The van der Waals surface area contributed by atoms with Crippen LogP contribution >= 0.6 is 0 Å². The van der Waals surface area contributed by atoms with Crippen molar-refractivity contribution in [2.24, 2.45) is 0 Å². The van der Waals surface area contributed by atoms with Crippen LogP contribution in [0.3, 0.4) is 0 Å². The molecule has 210 valence electrons. The van der Waals surface area contributed by atoms with E-state index in [-0.39, 0.29) is 17.2 Å². The number of nitrogens with zero attached hydrogens (tertiary/aromatic N) is 4. The molecule has 0 bridgehead atoms. The number of carbonyl (C=O) groups is 1. The first-order chi connectivity index (χ1) is 19.0. The van der Waals surface area contributed by atoms with Crippen LogP contribution in [0.5, 0.6) is 0 Å². The van der Waals surface area contributed by atoms with E-state index in [0.717, 1.165) is 68.4 Å². The average molecular weight is 556 g/mol. The second-order valence-corrected chi connectivity index (χ2v) is 11.8. The van der Waals surface area contributed by atoms with E-state index in [2.05, 4.69) is 21.7 Å². The van der Waals surface area contributed by atoms with Crippen LogP contribution in [-0.4, -0.2) is 80.8 Å². The normalized spacial score (nSPS) is 17.0. The van der Waals surface area contributed by atoms with Crippen LogP contribution in [0, 0.1) is 0 Å². The Morgan fingerprint density at radius 2 is 1.67 bits per heavy atom. The van der Waals surface area contributed by atoms with Gasteiger partial charge in [-0.05, 0) is 48.9 Å². The van der Waals surface area contributed by atoms with E-state index in [1.54, 1.807) is 12.1 Å². The third kappa shape index (κ3) is 6.43. The Labute approximate surface area is 229 Å². The monoisotopic (exact) mass is 555 g/mol. The molecule has 2 aliphatic rings. The van der Waals surface area contributed by atoms with Crippen LogP contribution in [0.25, 0.3) is 11.0 Å². The molecule has 2 fully saturated rings. The maximum absolute atomic E-state index is 13.2. The molecule has 2 saturated heterocycles. The number of ether oxygens (including phenoxy) is 2. The number of imidazole rings is 1. The van der Waals surface area contributed by atoms with E-state index in [4.69, 9.17) is 14.5 Å². The Balaban J connectivity index is 1.28. The summed E-state index contributed by atoms with van der Waals surface area (Å²) in [5.41, 5.74) is 3.40. The smallest absolute Gasteiger partial charge is 0.243 e. The molecule has 1 amide bonds. The highest BCUT2D eigenvalue weighted by Crippen LogP contribution is 2.25. The number of benzene rings is 2. The van der Waals surface area contributed by atoms with Crippen molar-refractivity contribution in [1.82, 2.24) is 13.9 Å². The zero-order valence-corrected chi connectivity index (χ0v) is 23.3. The molecular formula is C28H37N5O5S. The van der Waals surface area contributed by atoms with Crippen molar-refractivity contribution in [3.8, 4) is 0 Å². The van der Waals surface area contributed by atoms with Crippen molar-refractivity contribution in [3.05, 3.63) is 48.3 Å². The van der Waals surface area contributed by atoms with Gasteiger partial charge in [0.1, 0.15) is 5.82 Å². The van der Waals surface area contributed by atoms with Gasteiger partial charge in [-0.1, -0.05) is 13.3 Å². The summed E-state index contributed by atoms with van der Waals surface area (Å²) in [4.78, 5) is 20.1. The standard InChI is InChI=1S/C28H37N5O5S/c1-2-3-12-33-26-9-8-24(39(35,36)32-15-19-38-20-16-32)21-25(26)30-27(33)10-11-28(34)29-22-4-6-23(7-5-22)31-13-17-37-18-14-31/h4-9,21H,2-3,10-20H2,1H3,(H,29,34). The van der Waals surface area contributed by atoms with Gasteiger partial charge in [0.15, 0.2) is 0 Å². The SMILES string of the molecule is CCCCn1c(CCC(=O)Nc2ccc(N3CCOCC3)cc2)nc2cc(S(=O)(=O)N3CCOCC3)ccc21. The number of sulfonamides is 1. The largest absolute Gasteiger partial charge is 0.379 e. The van der Waals surface area contributed by atoms with E-state index in [1.807, 2.05) is 30.3 Å². The molecule has 0 spiro atoms. The van der Waals surface area contributed by atoms with Crippen LogP contribution in [0.2, 0.25) is 0 Å². The predicted molar refractivity (Wildman–Crippen MR) is 151 cm³/mol. The Kier molecular flexibility index (Phi) is 8.81. The molecular weight excluding hydrogens is 518 g/mol. The average Bonchev–Trinajstić information content (AvgIpc) is 3.33. The minimum atomic E-state index is -3.61. The van der Waals surface area contributed by atoms with E-state index in [9.17, 15) is 13.2 Å². The Bertz CT molecular complexity index is 1380. The fourth-order valence-corrected chi connectivity index (χ4v) is 6.47. The summed E-state index contributed by atoms with van der Waals surface area (Å²) in [5.74, 6) is 0.705. The molecule has 0 aliphatic carbocycles. The number of aryl methyl sites for hydroxylation is 2. The van der Waals surface area contributed by atoms with Crippen LogP contribution < -0.4 is 10.2 Å². The summed E-state index contributed by atoms with van der Waals surface area (Å²) >= 11 is 0. The quantitative estimate of drug-likeness (QED) is 0.409. The minimum Gasteiger partial charge on any atom is -0.379 e. The molecule has 39 heavy (non-hydrogen) atoms. The van der Waals surface area contributed by atoms with Gasteiger partial charge in [0, 0.05) is 56.9 Å². The third-order valence-corrected chi connectivity index (χ3v) is 9.14. The van der Waals surface area contributed by atoms with Gasteiger partial charge in [-0.3, -0.25) is 4.79 Å².